The van der Waals surface area contributed by atoms with Gasteiger partial charge in [-0.25, -0.2) is 4.79 Å². The average Bonchev–Trinajstić information content (AvgIpc) is 2.00. The fourth-order valence-electron chi connectivity index (χ4n) is 0.515. The Morgan fingerprint density at radius 1 is 1.08 bits per heavy atom. The SMILES string of the molecule is CC(C(=O)O)=C(C)C(=O)C(N)=O. The van der Waals surface area contributed by atoms with E-state index in [1.54, 1.807) is 0 Å². The van der Waals surface area contributed by atoms with Crippen LogP contribution in [0.2, 0.25) is 0 Å². The van der Waals surface area contributed by atoms with Crippen LogP contribution in [-0.4, -0.2) is 22.8 Å². The van der Waals surface area contributed by atoms with Crippen molar-refractivity contribution >= 4 is 17.7 Å². The molecule has 0 aliphatic rings. The number of nitrogens with two attached hydrogens (primary N) is 1. The molecule has 0 saturated heterocycles. The van der Waals surface area contributed by atoms with Crippen molar-refractivity contribution in [2.24, 2.45) is 5.73 Å². The van der Waals surface area contributed by atoms with Crippen molar-refractivity contribution in [2.45, 2.75) is 13.8 Å². The number of carboxylic acid groups (broad SMARTS) is 1. The number of hydrogen-bond donors (Lipinski definition) is 2. The molecular formula is C7H9NO4. The topological polar surface area (TPSA) is 97.5 Å². The standard InChI is InChI=1S/C7H9NO4/c1-3(4(2)7(11)12)5(9)6(8)10/h1-2H3,(H2,8,10)(H,11,12). The minimum atomic E-state index is -1.23. The van der Waals surface area contributed by atoms with Crippen LogP contribution in [0.5, 0.6) is 0 Å². The van der Waals surface area contributed by atoms with Gasteiger partial charge in [-0.3, -0.25) is 9.59 Å². The van der Waals surface area contributed by atoms with Crippen LogP contribution >= 0.6 is 0 Å². The van der Waals surface area contributed by atoms with Crippen LogP contribution in [0, 0.1) is 0 Å². The van der Waals surface area contributed by atoms with E-state index in [9.17, 15) is 14.4 Å². The van der Waals surface area contributed by atoms with E-state index in [-0.39, 0.29) is 11.1 Å². The van der Waals surface area contributed by atoms with Gasteiger partial charge in [-0.1, -0.05) is 0 Å². The summed E-state index contributed by atoms with van der Waals surface area (Å²) in [5.41, 5.74) is 4.36. The van der Waals surface area contributed by atoms with E-state index in [1.807, 2.05) is 0 Å². The monoisotopic (exact) mass is 171 g/mol. The van der Waals surface area contributed by atoms with Crippen molar-refractivity contribution in [2.75, 3.05) is 0 Å². The molecule has 12 heavy (non-hydrogen) atoms. The molecule has 5 nitrogen and oxygen atoms in total. The Morgan fingerprint density at radius 2 is 1.50 bits per heavy atom. The van der Waals surface area contributed by atoms with E-state index in [4.69, 9.17) is 5.11 Å². The minimum Gasteiger partial charge on any atom is -0.478 e. The van der Waals surface area contributed by atoms with Crippen LogP contribution in [0.1, 0.15) is 13.8 Å². The van der Waals surface area contributed by atoms with Crippen molar-refractivity contribution in [3.63, 3.8) is 0 Å². The molecule has 0 spiro atoms. The first-order valence-corrected chi connectivity index (χ1v) is 3.12. The summed E-state index contributed by atoms with van der Waals surface area (Å²) in [5.74, 6) is -3.34. The molecule has 0 atom stereocenters. The van der Waals surface area contributed by atoms with E-state index in [1.165, 1.54) is 13.8 Å². The Kier molecular flexibility index (Phi) is 3.15. The molecule has 0 aromatic carbocycles. The predicted molar refractivity (Wildman–Crippen MR) is 40.2 cm³/mol. The zero-order valence-electron chi connectivity index (χ0n) is 6.75. The number of carbonyl (C=O) groups excluding carboxylic acids is 2. The summed E-state index contributed by atoms with van der Waals surface area (Å²) in [4.78, 5) is 31.4. The van der Waals surface area contributed by atoms with E-state index < -0.39 is 17.7 Å². The Morgan fingerprint density at radius 3 is 1.75 bits per heavy atom. The van der Waals surface area contributed by atoms with Gasteiger partial charge in [-0.2, -0.15) is 0 Å². The maximum absolute atomic E-state index is 10.8. The molecule has 0 unspecified atom stereocenters. The summed E-state index contributed by atoms with van der Waals surface area (Å²) in [7, 11) is 0. The third-order valence-electron chi connectivity index (χ3n) is 1.45. The van der Waals surface area contributed by atoms with E-state index in [2.05, 4.69) is 5.73 Å². The van der Waals surface area contributed by atoms with Crippen molar-refractivity contribution in [3.05, 3.63) is 11.1 Å². The highest BCUT2D eigenvalue weighted by atomic mass is 16.4. The molecule has 0 aliphatic heterocycles. The smallest absolute Gasteiger partial charge is 0.331 e. The zero-order chi connectivity index (χ0) is 9.89. The number of primary amides is 1. The van der Waals surface area contributed by atoms with Crippen molar-refractivity contribution in [3.8, 4) is 0 Å². The zero-order valence-corrected chi connectivity index (χ0v) is 6.75. The first-order valence-electron chi connectivity index (χ1n) is 3.12. The van der Waals surface area contributed by atoms with Crippen LogP contribution in [0.25, 0.3) is 0 Å². The van der Waals surface area contributed by atoms with Crippen molar-refractivity contribution < 1.29 is 19.5 Å². The summed E-state index contributed by atoms with van der Waals surface area (Å²) in [5, 5.41) is 8.42. The van der Waals surface area contributed by atoms with Crippen LogP contribution in [-0.2, 0) is 14.4 Å². The van der Waals surface area contributed by atoms with Gasteiger partial charge in [0.25, 0.3) is 5.91 Å². The fraction of sp³-hybridized carbons (Fsp3) is 0.286. The van der Waals surface area contributed by atoms with Gasteiger partial charge in [0.2, 0.25) is 5.78 Å². The quantitative estimate of drug-likeness (QED) is 0.440. The summed E-state index contributed by atoms with van der Waals surface area (Å²) < 4.78 is 0. The number of rotatable bonds is 3. The largest absolute Gasteiger partial charge is 0.478 e. The molecule has 0 heterocycles. The van der Waals surface area contributed by atoms with Gasteiger partial charge < -0.3 is 10.8 Å². The lowest BCUT2D eigenvalue weighted by atomic mass is 10.1. The molecule has 0 saturated carbocycles. The lowest BCUT2D eigenvalue weighted by Crippen LogP contribution is -2.25. The fourth-order valence-corrected chi connectivity index (χ4v) is 0.515. The number of ketones is 1. The molecule has 5 heteroatoms. The van der Waals surface area contributed by atoms with Crippen molar-refractivity contribution in [1.29, 1.82) is 0 Å². The number of carbonyl (C=O) groups is 3. The van der Waals surface area contributed by atoms with Crippen LogP contribution in [0.3, 0.4) is 0 Å². The van der Waals surface area contributed by atoms with Gasteiger partial charge in [0, 0.05) is 11.1 Å². The number of amides is 1. The molecular weight excluding hydrogens is 162 g/mol. The lowest BCUT2D eigenvalue weighted by Gasteiger charge is -1.98. The third-order valence-corrected chi connectivity index (χ3v) is 1.45. The Labute approximate surface area is 68.9 Å². The van der Waals surface area contributed by atoms with Gasteiger partial charge >= 0.3 is 5.97 Å². The van der Waals surface area contributed by atoms with Crippen LogP contribution in [0.4, 0.5) is 0 Å². The average molecular weight is 171 g/mol. The molecule has 0 fully saturated rings. The van der Waals surface area contributed by atoms with Crippen LogP contribution in [0.15, 0.2) is 11.1 Å². The summed E-state index contributed by atoms with van der Waals surface area (Å²) >= 11 is 0. The number of Topliss-reactive ketones (excluding diaryl/α,β-unsaturated/α-hetero) is 1. The van der Waals surface area contributed by atoms with E-state index in [0.717, 1.165) is 0 Å². The molecule has 0 aromatic rings. The predicted octanol–water partition coefficient (Wildman–Crippen LogP) is -0.538. The molecule has 0 rings (SSSR count). The molecule has 0 radical (unpaired) electrons. The second kappa shape index (κ2) is 3.66. The van der Waals surface area contributed by atoms with Gasteiger partial charge in [-0.05, 0) is 13.8 Å². The summed E-state index contributed by atoms with van der Waals surface area (Å²) in [6, 6.07) is 0. The molecule has 1 amide bonds. The molecule has 0 aromatic heterocycles. The summed E-state index contributed by atoms with van der Waals surface area (Å²) in [6.07, 6.45) is 0. The Bertz CT molecular complexity index is 277. The number of carboxylic acids is 1. The first-order chi connectivity index (χ1) is 5.37. The van der Waals surface area contributed by atoms with E-state index in [0.29, 0.717) is 0 Å². The maximum atomic E-state index is 10.8. The van der Waals surface area contributed by atoms with Gasteiger partial charge in [0.05, 0.1) is 0 Å². The minimum absolute atomic E-state index is 0.130. The summed E-state index contributed by atoms with van der Waals surface area (Å²) in [6.45, 7) is 2.48. The second-order valence-electron chi connectivity index (χ2n) is 2.25. The molecule has 3 N–H and O–H groups in total. The molecule has 66 valence electrons. The highest BCUT2D eigenvalue weighted by Crippen LogP contribution is 2.03. The van der Waals surface area contributed by atoms with Gasteiger partial charge in [-0.15, -0.1) is 0 Å². The lowest BCUT2D eigenvalue weighted by molar-refractivity contribution is -0.134. The highest BCUT2D eigenvalue weighted by molar-refractivity contribution is 6.42. The normalized spacial score (nSPS) is 11.8. The second-order valence-corrected chi connectivity index (χ2v) is 2.25. The van der Waals surface area contributed by atoms with E-state index >= 15 is 0 Å². The number of aliphatic carboxylic acids is 1. The third kappa shape index (κ3) is 2.19. The first kappa shape index (κ1) is 10.3. The molecule has 0 bridgehead atoms. The van der Waals surface area contributed by atoms with Gasteiger partial charge in [0.1, 0.15) is 0 Å². The van der Waals surface area contributed by atoms with Gasteiger partial charge in [0.15, 0.2) is 0 Å². The Balaban J connectivity index is 4.92. The van der Waals surface area contributed by atoms with Crippen LogP contribution < -0.4 is 5.73 Å². The van der Waals surface area contributed by atoms with Crippen molar-refractivity contribution in [1.82, 2.24) is 0 Å². The Hall–Kier alpha value is -1.65. The highest BCUT2D eigenvalue weighted by Gasteiger charge is 2.16. The molecule has 0 aliphatic carbocycles. The maximum Gasteiger partial charge on any atom is 0.331 e. The number of hydrogen-bond acceptors (Lipinski definition) is 3.